The van der Waals surface area contributed by atoms with Gasteiger partial charge in [-0.05, 0) is 30.9 Å². The van der Waals surface area contributed by atoms with Crippen molar-refractivity contribution in [2.45, 2.75) is 19.4 Å². The molecule has 2 aromatic rings. The van der Waals surface area contributed by atoms with E-state index in [4.69, 9.17) is 5.26 Å². The van der Waals surface area contributed by atoms with E-state index < -0.39 is 29.9 Å². The van der Waals surface area contributed by atoms with Crippen molar-refractivity contribution in [1.29, 1.82) is 5.26 Å². The smallest absolute Gasteiger partial charge is 0.319 e. The van der Waals surface area contributed by atoms with E-state index in [1.165, 1.54) is 11.3 Å². The van der Waals surface area contributed by atoms with Gasteiger partial charge in [0.1, 0.15) is 23.2 Å². The molecule has 7 nitrogen and oxygen atoms in total. The average molecular weight is 368 g/mol. The third-order valence-electron chi connectivity index (χ3n) is 4.24. The second-order valence-corrected chi connectivity index (χ2v) is 7.05. The van der Waals surface area contributed by atoms with Gasteiger partial charge in [-0.15, -0.1) is 11.3 Å². The van der Waals surface area contributed by atoms with Crippen LogP contribution in [0.5, 0.6) is 0 Å². The lowest BCUT2D eigenvalue weighted by Gasteiger charge is -2.22. The van der Waals surface area contributed by atoms with Gasteiger partial charge < -0.3 is 10.6 Å². The number of urea groups is 1. The fourth-order valence-corrected chi connectivity index (χ4v) is 3.48. The standard InChI is InChI=1S/C18H16N4O3S/c1-11-3-5-13(6-4-11)18(2)16(24)22(17(25)21-18)10-14(23)20-15-12(9-19)7-8-26-15/h3-8H,10H2,1-2H3,(H,20,23)(H,21,25)/t18-/m0/s1. The molecule has 0 saturated carbocycles. The first-order valence-electron chi connectivity index (χ1n) is 7.84. The molecule has 2 heterocycles. The Morgan fingerprint density at radius 3 is 2.65 bits per heavy atom. The zero-order valence-electron chi connectivity index (χ0n) is 14.2. The molecular weight excluding hydrogens is 352 g/mol. The summed E-state index contributed by atoms with van der Waals surface area (Å²) in [5.41, 5.74) is 0.806. The molecule has 0 unspecified atom stereocenters. The number of nitrogens with zero attached hydrogens (tertiary/aromatic N) is 2. The molecule has 1 atom stereocenters. The fourth-order valence-electron chi connectivity index (χ4n) is 2.73. The van der Waals surface area contributed by atoms with Crippen LogP contribution in [0.15, 0.2) is 35.7 Å². The SMILES string of the molecule is Cc1ccc([C@]2(C)NC(=O)N(CC(=O)Nc3sccc3C#N)C2=O)cc1. The van der Waals surface area contributed by atoms with Gasteiger partial charge in [-0.2, -0.15) is 5.26 Å². The fraction of sp³-hybridized carbons (Fsp3) is 0.222. The number of nitriles is 1. The van der Waals surface area contributed by atoms with Gasteiger partial charge in [-0.3, -0.25) is 14.5 Å². The third-order valence-corrected chi connectivity index (χ3v) is 5.07. The van der Waals surface area contributed by atoms with E-state index in [2.05, 4.69) is 10.6 Å². The van der Waals surface area contributed by atoms with Crippen molar-refractivity contribution in [2.24, 2.45) is 0 Å². The number of carbonyl (C=O) groups excluding carboxylic acids is 3. The second-order valence-electron chi connectivity index (χ2n) is 6.14. The number of hydrogen-bond acceptors (Lipinski definition) is 5. The molecule has 3 rings (SSSR count). The predicted octanol–water partition coefficient (Wildman–Crippen LogP) is 2.33. The molecule has 1 saturated heterocycles. The molecule has 1 aliphatic heterocycles. The van der Waals surface area contributed by atoms with Gasteiger partial charge in [0.2, 0.25) is 5.91 Å². The molecule has 1 aliphatic rings. The van der Waals surface area contributed by atoms with Crippen molar-refractivity contribution in [3.8, 4) is 6.07 Å². The molecule has 0 spiro atoms. The first-order chi connectivity index (χ1) is 12.3. The van der Waals surface area contributed by atoms with Gasteiger partial charge >= 0.3 is 6.03 Å². The van der Waals surface area contributed by atoms with Crippen molar-refractivity contribution in [3.63, 3.8) is 0 Å². The summed E-state index contributed by atoms with van der Waals surface area (Å²) < 4.78 is 0. The van der Waals surface area contributed by atoms with Crippen molar-refractivity contribution in [1.82, 2.24) is 10.2 Å². The molecule has 0 aliphatic carbocycles. The minimum atomic E-state index is -1.22. The van der Waals surface area contributed by atoms with Crippen molar-refractivity contribution < 1.29 is 14.4 Å². The number of imide groups is 1. The Balaban J connectivity index is 1.76. The average Bonchev–Trinajstić information content (AvgIpc) is 3.13. The summed E-state index contributed by atoms with van der Waals surface area (Å²) in [6, 6.07) is 10.2. The number of amides is 4. The molecular formula is C18H16N4O3S. The van der Waals surface area contributed by atoms with Crippen LogP contribution in [-0.2, 0) is 15.1 Å². The highest BCUT2D eigenvalue weighted by molar-refractivity contribution is 7.14. The maximum atomic E-state index is 12.8. The highest BCUT2D eigenvalue weighted by Gasteiger charge is 2.49. The molecule has 1 fully saturated rings. The molecule has 8 heteroatoms. The van der Waals surface area contributed by atoms with Crippen LogP contribution in [0.2, 0.25) is 0 Å². The zero-order chi connectivity index (χ0) is 18.9. The number of carbonyl (C=O) groups is 3. The summed E-state index contributed by atoms with van der Waals surface area (Å²) in [5.74, 6) is -1.03. The quantitative estimate of drug-likeness (QED) is 0.809. The van der Waals surface area contributed by atoms with Gasteiger partial charge in [0.05, 0.1) is 5.56 Å². The highest BCUT2D eigenvalue weighted by atomic mass is 32.1. The Labute approximate surface area is 154 Å². The summed E-state index contributed by atoms with van der Waals surface area (Å²) in [5, 5.41) is 16.3. The Morgan fingerprint density at radius 2 is 2.00 bits per heavy atom. The van der Waals surface area contributed by atoms with E-state index in [0.29, 0.717) is 16.1 Å². The largest absolute Gasteiger partial charge is 0.325 e. The predicted molar refractivity (Wildman–Crippen MR) is 96.4 cm³/mol. The summed E-state index contributed by atoms with van der Waals surface area (Å²) in [7, 11) is 0. The molecule has 26 heavy (non-hydrogen) atoms. The normalized spacial score (nSPS) is 19.2. The maximum absolute atomic E-state index is 12.8. The van der Waals surface area contributed by atoms with Gasteiger partial charge in [-0.25, -0.2) is 4.79 Å². The van der Waals surface area contributed by atoms with Crippen LogP contribution in [0, 0.1) is 18.3 Å². The van der Waals surface area contributed by atoms with Crippen LogP contribution in [0.4, 0.5) is 9.80 Å². The van der Waals surface area contributed by atoms with E-state index in [0.717, 1.165) is 10.5 Å². The zero-order valence-corrected chi connectivity index (χ0v) is 15.0. The summed E-state index contributed by atoms with van der Waals surface area (Å²) in [6.07, 6.45) is 0. The van der Waals surface area contributed by atoms with Crippen molar-refractivity contribution in [2.75, 3.05) is 11.9 Å². The number of thiophene rings is 1. The van der Waals surface area contributed by atoms with Gasteiger partial charge in [0.25, 0.3) is 5.91 Å². The Kier molecular flexibility index (Phi) is 4.49. The minimum absolute atomic E-state index is 0.338. The lowest BCUT2D eigenvalue weighted by Crippen LogP contribution is -2.42. The van der Waals surface area contributed by atoms with E-state index in [-0.39, 0.29) is 0 Å². The first-order valence-corrected chi connectivity index (χ1v) is 8.72. The molecule has 0 radical (unpaired) electrons. The monoisotopic (exact) mass is 368 g/mol. The third kappa shape index (κ3) is 3.05. The number of rotatable bonds is 4. The number of hydrogen-bond donors (Lipinski definition) is 2. The van der Waals surface area contributed by atoms with E-state index in [9.17, 15) is 14.4 Å². The topological polar surface area (TPSA) is 102 Å². The summed E-state index contributed by atoms with van der Waals surface area (Å²) in [6.45, 7) is 3.12. The van der Waals surface area contributed by atoms with Gasteiger partial charge in [0, 0.05) is 0 Å². The molecule has 2 N–H and O–H groups in total. The van der Waals surface area contributed by atoms with Crippen LogP contribution >= 0.6 is 11.3 Å². The summed E-state index contributed by atoms with van der Waals surface area (Å²) >= 11 is 1.20. The maximum Gasteiger partial charge on any atom is 0.325 e. The lowest BCUT2D eigenvalue weighted by atomic mass is 9.91. The molecule has 4 amide bonds. The Bertz CT molecular complexity index is 929. The van der Waals surface area contributed by atoms with Gasteiger partial charge in [0.15, 0.2) is 0 Å². The lowest BCUT2D eigenvalue weighted by molar-refractivity contribution is -0.133. The first kappa shape index (κ1) is 17.6. The number of anilines is 1. The summed E-state index contributed by atoms with van der Waals surface area (Å²) in [4.78, 5) is 38.2. The van der Waals surface area contributed by atoms with Crippen molar-refractivity contribution >= 4 is 34.2 Å². The van der Waals surface area contributed by atoms with Gasteiger partial charge in [-0.1, -0.05) is 29.8 Å². The molecule has 1 aromatic heterocycles. The van der Waals surface area contributed by atoms with E-state index in [1.54, 1.807) is 30.5 Å². The van der Waals surface area contributed by atoms with Crippen molar-refractivity contribution in [3.05, 3.63) is 52.4 Å². The second kappa shape index (κ2) is 6.61. The highest BCUT2D eigenvalue weighted by Crippen LogP contribution is 2.29. The van der Waals surface area contributed by atoms with Crippen LogP contribution in [0.25, 0.3) is 0 Å². The Morgan fingerprint density at radius 1 is 1.31 bits per heavy atom. The number of aryl methyl sites for hydroxylation is 1. The minimum Gasteiger partial charge on any atom is -0.319 e. The van der Waals surface area contributed by atoms with Crippen LogP contribution in [-0.4, -0.2) is 29.3 Å². The number of benzene rings is 1. The molecule has 132 valence electrons. The van der Waals surface area contributed by atoms with Crippen LogP contribution in [0.3, 0.4) is 0 Å². The Hall–Kier alpha value is -3.18. The number of nitrogens with one attached hydrogen (secondary N) is 2. The van der Waals surface area contributed by atoms with Crippen LogP contribution < -0.4 is 10.6 Å². The van der Waals surface area contributed by atoms with Crippen LogP contribution in [0.1, 0.15) is 23.6 Å². The van der Waals surface area contributed by atoms with E-state index in [1.807, 2.05) is 25.1 Å². The molecule has 0 bridgehead atoms. The van der Waals surface area contributed by atoms with E-state index >= 15 is 0 Å². The molecule has 1 aromatic carbocycles.